The van der Waals surface area contributed by atoms with Crippen LogP contribution in [-0.2, 0) is 19.2 Å². The molecule has 1 aliphatic rings. The van der Waals surface area contributed by atoms with Crippen molar-refractivity contribution in [2.45, 2.75) is 37.8 Å². The van der Waals surface area contributed by atoms with Crippen molar-refractivity contribution in [1.82, 2.24) is 9.80 Å². The molecule has 1 unspecified atom stereocenters. The largest absolute Gasteiger partial charge is 0.480 e. The summed E-state index contributed by atoms with van der Waals surface area (Å²) < 4.78 is 0. The molecule has 0 bridgehead atoms. The van der Waals surface area contributed by atoms with Crippen molar-refractivity contribution >= 4 is 24.1 Å². The predicted molar refractivity (Wildman–Crippen MR) is 79.7 cm³/mol. The van der Waals surface area contributed by atoms with Gasteiger partial charge in [0, 0.05) is 12.1 Å². The average molecular weight is 329 g/mol. The van der Waals surface area contributed by atoms with Gasteiger partial charge in [0.05, 0.1) is 26.2 Å². The Labute approximate surface area is 134 Å². The molecule has 0 aromatic heterocycles. The van der Waals surface area contributed by atoms with Crippen LogP contribution in [-0.4, -0.2) is 82.4 Å². The molecule has 4 N–H and O–H groups in total. The molecule has 1 saturated carbocycles. The number of aliphatic carboxylic acids is 2. The Kier molecular flexibility index (Phi) is 7.63. The second-order valence-corrected chi connectivity index (χ2v) is 5.67. The number of primary amides is 1. The third kappa shape index (κ3) is 6.33. The minimum atomic E-state index is -1.09. The van der Waals surface area contributed by atoms with Gasteiger partial charge in [-0.1, -0.05) is 12.8 Å². The number of aldehydes is 1. The molecule has 0 aliphatic heterocycles. The Balaban J connectivity index is 2.99. The molecule has 1 rings (SSSR count). The van der Waals surface area contributed by atoms with Crippen LogP contribution in [0, 0.1) is 0 Å². The smallest absolute Gasteiger partial charge is 0.317 e. The van der Waals surface area contributed by atoms with Crippen molar-refractivity contribution in [3.05, 3.63) is 0 Å². The Hall–Kier alpha value is -2.00. The number of carbonyl (C=O) groups is 4. The van der Waals surface area contributed by atoms with E-state index in [9.17, 15) is 19.2 Å². The minimum Gasteiger partial charge on any atom is -0.480 e. The highest BCUT2D eigenvalue weighted by atomic mass is 16.4. The number of rotatable bonds is 10. The summed E-state index contributed by atoms with van der Waals surface area (Å²) in [5.41, 5.74) is 5.20. The first kappa shape index (κ1) is 19.0. The first-order valence-electron chi connectivity index (χ1n) is 7.48. The second kappa shape index (κ2) is 9.21. The molecule has 130 valence electrons. The predicted octanol–water partition coefficient (Wildman–Crippen LogP) is -1.24. The van der Waals surface area contributed by atoms with Crippen molar-refractivity contribution < 1.29 is 29.4 Å². The zero-order valence-corrected chi connectivity index (χ0v) is 12.9. The molecule has 0 heterocycles. The fourth-order valence-electron chi connectivity index (χ4n) is 3.19. The van der Waals surface area contributed by atoms with Gasteiger partial charge in [-0.15, -0.1) is 0 Å². The summed E-state index contributed by atoms with van der Waals surface area (Å²) in [5.74, 6) is -2.79. The number of carbonyl (C=O) groups excluding carboxylic acids is 2. The van der Waals surface area contributed by atoms with Crippen molar-refractivity contribution in [3.8, 4) is 0 Å². The number of carboxylic acid groups (broad SMARTS) is 2. The highest BCUT2D eigenvalue weighted by Crippen LogP contribution is 2.27. The number of nitrogens with two attached hydrogens (primary N) is 1. The molecule has 23 heavy (non-hydrogen) atoms. The Morgan fingerprint density at radius 2 is 1.43 bits per heavy atom. The summed E-state index contributed by atoms with van der Waals surface area (Å²) in [6, 6.07) is -0.629. The van der Waals surface area contributed by atoms with E-state index in [1.54, 1.807) is 0 Å². The van der Waals surface area contributed by atoms with E-state index in [0.717, 1.165) is 12.8 Å². The molecular weight excluding hydrogens is 306 g/mol. The van der Waals surface area contributed by atoms with Crippen molar-refractivity contribution in [3.63, 3.8) is 0 Å². The fourth-order valence-corrected chi connectivity index (χ4v) is 3.19. The first-order chi connectivity index (χ1) is 10.8. The standard InChI is InChI=1S/C14H23N3O6/c15-12(19)7-17(9-14(22)23)11-4-2-1-3-10(11)16(5-6-18)8-13(20)21/h6,10-11H,1-5,7-9H2,(H2,15,19)(H,20,21)(H,22,23)/t10?,11-/m1/s1. The van der Waals surface area contributed by atoms with E-state index in [0.29, 0.717) is 19.1 Å². The summed E-state index contributed by atoms with van der Waals surface area (Å²) in [4.78, 5) is 47.2. The Bertz CT molecular complexity index is 440. The molecule has 2 atom stereocenters. The van der Waals surface area contributed by atoms with E-state index in [1.165, 1.54) is 9.80 Å². The number of hydrogen-bond donors (Lipinski definition) is 3. The molecule has 0 saturated heterocycles. The first-order valence-corrected chi connectivity index (χ1v) is 7.48. The highest BCUT2D eigenvalue weighted by Gasteiger charge is 2.36. The van der Waals surface area contributed by atoms with E-state index in [1.807, 2.05) is 0 Å². The van der Waals surface area contributed by atoms with Gasteiger partial charge in [-0.25, -0.2) is 0 Å². The zero-order chi connectivity index (χ0) is 17.4. The van der Waals surface area contributed by atoms with E-state index in [-0.39, 0.29) is 38.3 Å². The maximum Gasteiger partial charge on any atom is 0.317 e. The Morgan fingerprint density at radius 3 is 1.87 bits per heavy atom. The monoisotopic (exact) mass is 329 g/mol. The topological polar surface area (TPSA) is 141 Å². The summed E-state index contributed by atoms with van der Waals surface area (Å²) in [5, 5.41) is 18.1. The van der Waals surface area contributed by atoms with Crippen molar-refractivity contribution in [1.29, 1.82) is 0 Å². The van der Waals surface area contributed by atoms with Crippen LogP contribution in [0.3, 0.4) is 0 Å². The highest BCUT2D eigenvalue weighted by molar-refractivity contribution is 5.77. The van der Waals surface area contributed by atoms with Gasteiger partial charge >= 0.3 is 11.9 Å². The minimum absolute atomic E-state index is 0.0506. The zero-order valence-electron chi connectivity index (χ0n) is 12.9. The molecular formula is C14H23N3O6. The Morgan fingerprint density at radius 1 is 0.957 bits per heavy atom. The van der Waals surface area contributed by atoms with Gasteiger partial charge in [-0.05, 0) is 12.8 Å². The van der Waals surface area contributed by atoms with Gasteiger partial charge in [-0.3, -0.25) is 24.2 Å². The molecule has 0 aromatic rings. The number of hydrogen-bond acceptors (Lipinski definition) is 6. The molecule has 0 radical (unpaired) electrons. The van der Waals surface area contributed by atoms with E-state index < -0.39 is 17.8 Å². The summed E-state index contributed by atoms with van der Waals surface area (Å²) in [6.45, 7) is -0.927. The fraction of sp³-hybridized carbons (Fsp3) is 0.714. The second-order valence-electron chi connectivity index (χ2n) is 5.67. The maximum absolute atomic E-state index is 11.2. The lowest BCUT2D eigenvalue weighted by atomic mass is 9.87. The molecule has 1 amide bonds. The van der Waals surface area contributed by atoms with Gasteiger partial charge in [0.15, 0.2) is 0 Å². The quantitative estimate of drug-likeness (QED) is 0.422. The summed E-state index contributed by atoms with van der Waals surface area (Å²) >= 11 is 0. The van der Waals surface area contributed by atoms with Crippen LogP contribution >= 0.6 is 0 Å². The molecule has 9 nitrogen and oxygen atoms in total. The van der Waals surface area contributed by atoms with E-state index >= 15 is 0 Å². The normalized spacial score (nSPS) is 21.3. The SMILES string of the molecule is NC(=O)CN(CC(=O)O)[C@@H]1CCCCC1N(CC=O)CC(=O)O. The van der Waals surface area contributed by atoms with Crippen LogP contribution in [0.4, 0.5) is 0 Å². The molecule has 1 aliphatic carbocycles. The van der Waals surface area contributed by atoms with Crippen LogP contribution in [0.25, 0.3) is 0 Å². The van der Waals surface area contributed by atoms with Crippen LogP contribution < -0.4 is 5.73 Å². The van der Waals surface area contributed by atoms with Gasteiger partial charge in [0.25, 0.3) is 0 Å². The van der Waals surface area contributed by atoms with Crippen LogP contribution in [0.5, 0.6) is 0 Å². The molecule has 0 spiro atoms. The lowest BCUT2D eigenvalue weighted by Gasteiger charge is -2.43. The third-order valence-corrected chi connectivity index (χ3v) is 3.98. The molecule has 1 fully saturated rings. The number of nitrogens with zero attached hydrogens (tertiary/aromatic N) is 2. The van der Waals surface area contributed by atoms with Gasteiger partial charge in [0.1, 0.15) is 6.29 Å². The molecule has 9 heteroatoms. The number of amides is 1. The lowest BCUT2D eigenvalue weighted by Crippen LogP contribution is -2.57. The van der Waals surface area contributed by atoms with Crippen LogP contribution in [0.1, 0.15) is 25.7 Å². The van der Waals surface area contributed by atoms with Crippen molar-refractivity contribution in [2.24, 2.45) is 5.73 Å². The van der Waals surface area contributed by atoms with Gasteiger partial charge in [0.2, 0.25) is 5.91 Å². The van der Waals surface area contributed by atoms with Gasteiger partial charge in [-0.2, -0.15) is 0 Å². The summed E-state index contributed by atoms with van der Waals surface area (Å²) in [7, 11) is 0. The average Bonchev–Trinajstić information content (AvgIpc) is 2.44. The summed E-state index contributed by atoms with van der Waals surface area (Å²) in [6.07, 6.45) is 3.59. The number of carboxylic acids is 2. The third-order valence-electron chi connectivity index (χ3n) is 3.98. The van der Waals surface area contributed by atoms with E-state index in [2.05, 4.69) is 0 Å². The van der Waals surface area contributed by atoms with E-state index in [4.69, 9.17) is 15.9 Å². The van der Waals surface area contributed by atoms with Crippen LogP contribution in [0.2, 0.25) is 0 Å². The molecule has 0 aromatic carbocycles. The van der Waals surface area contributed by atoms with Crippen molar-refractivity contribution in [2.75, 3.05) is 26.2 Å². The lowest BCUT2D eigenvalue weighted by molar-refractivity contribution is -0.143. The maximum atomic E-state index is 11.2. The van der Waals surface area contributed by atoms with Crippen LogP contribution in [0.15, 0.2) is 0 Å². The van der Waals surface area contributed by atoms with Gasteiger partial charge < -0.3 is 20.7 Å².